The van der Waals surface area contributed by atoms with Crippen LogP contribution in [0.25, 0.3) is 33.2 Å². The van der Waals surface area contributed by atoms with Gasteiger partial charge in [0, 0.05) is 35.2 Å². The number of likely N-dealkylation sites (tertiary alicyclic amines) is 1. The number of alkyl carbamates (subject to hydrolysis) is 1. The average Bonchev–Trinajstić information content (AvgIpc) is 3.96. The van der Waals surface area contributed by atoms with Crippen LogP contribution in [-0.2, 0) is 22.6 Å². The third-order valence-corrected chi connectivity index (χ3v) is 12.1. The highest BCUT2D eigenvalue weighted by atomic mass is 16.5. The zero-order valence-electron chi connectivity index (χ0n) is 29.1. The number of H-pyrrole nitrogens is 1. The first-order chi connectivity index (χ1) is 24.4. The molecule has 3 aliphatic heterocycles. The second kappa shape index (κ2) is 12.3. The molecule has 9 rings (SSSR count). The van der Waals surface area contributed by atoms with Gasteiger partial charge < -0.3 is 24.7 Å². The molecular weight excluding hydrogens is 626 g/mol. The third-order valence-electron chi connectivity index (χ3n) is 12.1. The molecule has 5 aliphatic rings. The molecule has 3 aromatic carbocycles. The molecule has 0 radical (unpaired) electrons. The van der Waals surface area contributed by atoms with Crippen LogP contribution in [0, 0.1) is 11.8 Å². The van der Waals surface area contributed by atoms with Crippen molar-refractivity contribution in [2.24, 2.45) is 16.8 Å². The van der Waals surface area contributed by atoms with Gasteiger partial charge in [-0.15, -0.1) is 0 Å². The lowest BCUT2D eigenvalue weighted by Crippen LogP contribution is -2.56. The number of aromatic amines is 1. The first-order valence-corrected chi connectivity index (χ1v) is 18.5. The highest BCUT2D eigenvalue weighted by molar-refractivity contribution is 6.06. The largest absolute Gasteiger partial charge is 0.488 e. The molecule has 2 amide bonds. The Morgan fingerprint density at radius 2 is 1.88 bits per heavy atom. The Bertz CT molecular complexity index is 2040. The van der Waals surface area contributed by atoms with Gasteiger partial charge in [0.25, 0.3) is 0 Å². The van der Waals surface area contributed by atoms with E-state index in [-0.39, 0.29) is 23.9 Å². The van der Waals surface area contributed by atoms with Crippen molar-refractivity contribution >= 4 is 34.2 Å². The maximum Gasteiger partial charge on any atom is 0.407 e. The van der Waals surface area contributed by atoms with Gasteiger partial charge >= 0.3 is 6.09 Å². The Morgan fingerprint density at radius 3 is 2.70 bits per heavy atom. The zero-order valence-corrected chi connectivity index (χ0v) is 29.1. The number of aliphatic imine (C=N–C) groups is 1. The van der Waals surface area contributed by atoms with E-state index in [1.54, 1.807) is 0 Å². The van der Waals surface area contributed by atoms with E-state index < -0.39 is 12.1 Å². The number of hydrogen-bond acceptors (Lipinski definition) is 6. The number of amides is 2. The van der Waals surface area contributed by atoms with Crippen molar-refractivity contribution in [2.75, 3.05) is 7.11 Å². The number of ether oxygens (including phenoxy) is 2. The van der Waals surface area contributed by atoms with Crippen LogP contribution >= 0.6 is 0 Å². The van der Waals surface area contributed by atoms with E-state index in [1.165, 1.54) is 60.3 Å². The highest BCUT2D eigenvalue weighted by Gasteiger charge is 2.50. The van der Waals surface area contributed by atoms with Crippen molar-refractivity contribution in [1.82, 2.24) is 20.2 Å². The van der Waals surface area contributed by atoms with E-state index >= 15 is 0 Å². The summed E-state index contributed by atoms with van der Waals surface area (Å²) in [5.74, 6) is 2.93. The Hall–Kier alpha value is -4.66. The number of aromatic nitrogens is 2. The Labute approximate surface area is 292 Å². The summed E-state index contributed by atoms with van der Waals surface area (Å²) in [5, 5.41) is 5.21. The molecule has 258 valence electrons. The lowest BCUT2D eigenvalue weighted by atomic mass is 9.90. The summed E-state index contributed by atoms with van der Waals surface area (Å²) in [6.45, 7) is 4.45. The molecule has 2 aliphatic carbocycles. The number of carbonyl (C=O) groups is 2. The number of nitrogens with zero attached hydrogens (tertiary/aromatic N) is 3. The molecule has 1 saturated heterocycles. The van der Waals surface area contributed by atoms with Gasteiger partial charge in [-0.3, -0.25) is 9.79 Å². The highest BCUT2D eigenvalue weighted by Crippen LogP contribution is 2.47. The molecule has 9 nitrogen and oxygen atoms in total. The van der Waals surface area contributed by atoms with Crippen LogP contribution in [0.3, 0.4) is 0 Å². The van der Waals surface area contributed by atoms with Crippen molar-refractivity contribution in [3.63, 3.8) is 0 Å². The molecule has 2 N–H and O–H groups in total. The van der Waals surface area contributed by atoms with Crippen LogP contribution in [0.2, 0.25) is 0 Å². The van der Waals surface area contributed by atoms with E-state index in [0.29, 0.717) is 24.9 Å². The lowest BCUT2D eigenvalue weighted by Gasteiger charge is -2.34. The summed E-state index contributed by atoms with van der Waals surface area (Å²) < 4.78 is 11.3. The summed E-state index contributed by atoms with van der Waals surface area (Å²) in [6, 6.07) is 14.9. The van der Waals surface area contributed by atoms with Crippen molar-refractivity contribution in [3.8, 4) is 28.1 Å². The number of fused-ring (bicyclic) bond motifs is 7. The van der Waals surface area contributed by atoms with E-state index in [2.05, 4.69) is 57.7 Å². The van der Waals surface area contributed by atoms with E-state index in [9.17, 15) is 9.59 Å². The van der Waals surface area contributed by atoms with Crippen LogP contribution in [-0.4, -0.2) is 57.8 Å². The second-order valence-corrected chi connectivity index (χ2v) is 15.3. The standard InChI is InChI=1S/C41H45N5O4/c1-22(2)38(45-41(48)49-3)40(47)46-35-10-6-9-26(35)17-36(46)33-19-31-29-16-27-21-50-37-18-25(34-20-42-39(44-34)23-7-4-5-8-23)11-13-28(37)30(27)15-24(29)12-14-32(31)43-33/h11-16,18,20,22-23,26,35-36,38H,4-10,17,19,21H2,1-3H3,(H,42,44)(H,45,48)/t26-,35-,36-,38-/m0/s1. The quantitative estimate of drug-likeness (QED) is 0.215. The Kier molecular flexibility index (Phi) is 7.70. The second-order valence-electron chi connectivity index (χ2n) is 15.3. The van der Waals surface area contributed by atoms with Crippen LogP contribution in [0.15, 0.2) is 53.7 Å². The minimum atomic E-state index is -0.645. The number of nitrogens with one attached hydrogen (secondary N) is 2. The summed E-state index contributed by atoms with van der Waals surface area (Å²) in [6.07, 6.45) is 11.3. The van der Waals surface area contributed by atoms with Gasteiger partial charge in [0.05, 0.1) is 30.7 Å². The molecule has 0 spiro atoms. The maximum atomic E-state index is 14.2. The number of methoxy groups -OCH3 is 1. The van der Waals surface area contributed by atoms with Gasteiger partial charge in [-0.05, 0) is 102 Å². The predicted octanol–water partition coefficient (Wildman–Crippen LogP) is 8.23. The van der Waals surface area contributed by atoms with Gasteiger partial charge in [-0.2, -0.15) is 0 Å². The first-order valence-electron chi connectivity index (χ1n) is 18.5. The molecule has 0 bridgehead atoms. The topological polar surface area (TPSA) is 109 Å². The van der Waals surface area contributed by atoms with Gasteiger partial charge in [0.2, 0.25) is 5.91 Å². The fourth-order valence-corrected chi connectivity index (χ4v) is 9.54. The van der Waals surface area contributed by atoms with Crippen molar-refractivity contribution < 1.29 is 19.1 Å². The zero-order chi connectivity index (χ0) is 34.1. The fourth-order valence-electron chi connectivity index (χ4n) is 9.54. The summed E-state index contributed by atoms with van der Waals surface area (Å²) in [5.41, 5.74) is 8.88. The Morgan fingerprint density at radius 1 is 1.02 bits per heavy atom. The minimum Gasteiger partial charge on any atom is -0.488 e. The van der Waals surface area contributed by atoms with Gasteiger partial charge in [0.1, 0.15) is 24.2 Å². The number of hydrogen-bond donors (Lipinski definition) is 2. The summed E-state index contributed by atoms with van der Waals surface area (Å²) in [7, 11) is 1.34. The SMILES string of the molecule is COC(=O)N[C@H](C(=O)N1[C@H](C2=Nc3ccc4cc5c(cc4c3C2)COc2cc(-c3cnc(C4CCCC4)[nH]3)ccc2-5)C[C@@H]2CCC[C@@H]21)C(C)C. The van der Waals surface area contributed by atoms with Crippen LogP contribution in [0.4, 0.5) is 10.5 Å². The van der Waals surface area contributed by atoms with Crippen molar-refractivity contribution in [1.29, 1.82) is 0 Å². The lowest BCUT2D eigenvalue weighted by molar-refractivity contribution is -0.136. The molecule has 4 aromatic rings. The van der Waals surface area contributed by atoms with Gasteiger partial charge in [0.15, 0.2) is 0 Å². The maximum absolute atomic E-state index is 14.2. The first kappa shape index (κ1) is 31.3. The average molecular weight is 672 g/mol. The van der Waals surface area contributed by atoms with Crippen molar-refractivity contribution in [3.05, 3.63) is 65.6 Å². The molecule has 9 heteroatoms. The molecule has 4 atom stereocenters. The normalized spacial score (nSPS) is 22.9. The number of imidazole rings is 1. The monoisotopic (exact) mass is 671 g/mol. The molecule has 4 heterocycles. The summed E-state index contributed by atoms with van der Waals surface area (Å²) >= 11 is 0. The predicted molar refractivity (Wildman–Crippen MR) is 194 cm³/mol. The minimum absolute atomic E-state index is 0.0249. The molecule has 3 fully saturated rings. The molecule has 0 unspecified atom stereocenters. The number of rotatable bonds is 6. The van der Waals surface area contributed by atoms with Crippen molar-refractivity contribution in [2.45, 2.75) is 102 Å². The Balaban J connectivity index is 0.995. The van der Waals surface area contributed by atoms with E-state index in [4.69, 9.17) is 19.5 Å². The smallest absolute Gasteiger partial charge is 0.407 e. The van der Waals surface area contributed by atoms with Crippen LogP contribution in [0.5, 0.6) is 5.75 Å². The summed E-state index contributed by atoms with van der Waals surface area (Å²) in [4.78, 5) is 42.1. The molecule has 50 heavy (non-hydrogen) atoms. The van der Waals surface area contributed by atoms with Crippen LogP contribution < -0.4 is 10.1 Å². The van der Waals surface area contributed by atoms with Gasteiger partial charge in [-0.1, -0.05) is 45.2 Å². The fraction of sp³-hybridized carbons (Fsp3) is 0.463. The number of benzene rings is 3. The molecule has 1 aromatic heterocycles. The van der Waals surface area contributed by atoms with Gasteiger partial charge in [-0.25, -0.2) is 9.78 Å². The molecular formula is C41H45N5O4. The van der Waals surface area contributed by atoms with Crippen LogP contribution in [0.1, 0.15) is 88.1 Å². The van der Waals surface area contributed by atoms with E-state index in [0.717, 1.165) is 65.5 Å². The van der Waals surface area contributed by atoms with E-state index in [1.807, 2.05) is 20.0 Å². The third kappa shape index (κ3) is 5.19. The molecule has 2 saturated carbocycles. The number of carbonyl (C=O) groups excluding carboxylic acids is 2.